The van der Waals surface area contributed by atoms with E-state index in [1.807, 2.05) is 13.0 Å². The lowest BCUT2D eigenvalue weighted by molar-refractivity contribution is 0.310. The van der Waals surface area contributed by atoms with Crippen molar-refractivity contribution < 1.29 is 14.2 Å². The molecule has 1 aliphatic rings. The van der Waals surface area contributed by atoms with Crippen molar-refractivity contribution in [2.75, 3.05) is 13.7 Å². The van der Waals surface area contributed by atoms with Gasteiger partial charge >= 0.3 is 0 Å². The van der Waals surface area contributed by atoms with E-state index in [-0.39, 0.29) is 22.9 Å². The summed E-state index contributed by atoms with van der Waals surface area (Å²) < 4.78 is 16.2. The van der Waals surface area contributed by atoms with Crippen LogP contribution in [0.4, 0.5) is 0 Å². The average molecular weight is 340 g/mol. The second-order valence-corrected chi connectivity index (χ2v) is 5.22. The number of H-pyrrole nitrogens is 1. The molecular weight excluding hydrogens is 324 g/mol. The summed E-state index contributed by atoms with van der Waals surface area (Å²) in [6, 6.07) is 7.21. The van der Waals surface area contributed by atoms with Crippen LogP contribution in [0.5, 0.6) is 17.4 Å². The molecule has 8 nitrogen and oxygen atoms in total. The van der Waals surface area contributed by atoms with Crippen LogP contribution in [0.2, 0.25) is 0 Å². The van der Waals surface area contributed by atoms with Gasteiger partial charge < -0.3 is 24.9 Å². The minimum atomic E-state index is -0.712. The minimum absolute atomic E-state index is 0.0770. The molecule has 1 aromatic heterocycles. The molecule has 0 spiro atoms. The third-order valence-corrected chi connectivity index (χ3v) is 3.84. The van der Waals surface area contributed by atoms with Gasteiger partial charge in [0.05, 0.1) is 31.5 Å². The van der Waals surface area contributed by atoms with Crippen LogP contribution < -0.4 is 25.5 Å². The van der Waals surface area contributed by atoms with Crippen LogP contribution >= 0.6 is 0 Å². The van der Waals surface area contributed by atoms with Gasteiger partial charge in [-0.1, -0.05) is 6.07 Å². The highest BCUT2D eigenvalue weighted by Gasteiger charge is 2.34. The molecule has 128 valence electrons. The smallest absolute Gasteiger partial charge is 0.258 e. The van der Waals surface area contributed by atoms with E-state index in [1.54, 1.807) is 18.2 Å². The van der Waals surface area contributed by atoms with E-state index in [9.17, 15) is 10.1 Å². The maximum absolute atomic E-state index is 12.3. The van der Waals surface area contributed by atoms with Crippen molar-refractivity contribution in [2.45, 2.75) is 12.8 Å². The Morgan fingerprint density at radius 1 is 1.44 bits per heavy atom. The average Bonchev–Trinajstić information content (AvgIpc) is 2.61. The highest BCUT2D eigenvalue weighted by Crippen LogP contribution is 2.41. The van der Waals surface area contributed by atoms with E-state index in [0.29, 0.717) is 23.7 Å². The Kier molecular flexibility index (Phi) is 4.31. The van der Waals surface area contributed by atoms with E-state index in [0.717, 1.165) is 0 Å². The monoisotopic (exact) mass is 340 g/mol. The van der Waals surface area contributed by atoms with Gasteiger partial charge in [-0.05, 0) is 24.6 Å². The topological polar surface area (TPSA) is 123 Å². The molecule has 0 radical (unpaired) electrons. The van der Waals surface area contributed by atoms with Gasteiger partial charge in [-0.15, -0.1) is 0 Å². The van der Waals surface area contributed by atoms with Crippen LogP contribution in [0.25, 0.3) is 0 Å². The van der Waals surface area contributed by atoms with Crippen molar-refractivity contribution in [3.05, 3.63) is 57.5 Å². The van der Waals surface area contributed by atoms with Gasteiger partial charge in [0, 0.05) is 0 Å². The zero-order chi connectivity index (χ0) is 18.0. The molecule has 0 saturated heterocycles. The molecule has 25 heavy (non-hydrogen) atoms. The number of nitrogens with zero attached hydrogens (tertiary/aromatic N) is 2. The first-order valence-corrected chi connectivity index (χ1v) is 7.56. The summed E-state index contributed by atoms with van der Waals surface area (Å²) >= 11 is 0. The van der Waals surface area contributed by atoms with Gasteiger partial charge in [-0.25, -0.2) is 4.98 Å². The standard InChI is InChI=1S/C17H16N4O4/c1-3-24-12-6-9(4-5-11(12)23-2)13-10(7-18)15(19)25-17-14(13)16(22)20-8-21-17/h4-6,8,13H,3,19H2,1-2H3,(H,20,21,22). The van der Waals surface area contributed by atoms with Crippen molar-refractivity contribution in [2.24, 2.45) is 5.73 Å². The van der Waals surface area contributed by atoms with Crippen molar-refractivity contribution in [1.82, 2.24) is 9.97 Å². The Labute approximate surface area is 143 Å². The van der Waals surface area contributed by atoms with E-state index in [1.165, 1.54) is 13.4 Å². The number of nitriles is 1. The summed E-state index contributed by atoms with van der Waals surface area (Å²) in [6.07, 6.45) is 1.22. The van der Waals surface area contributed by atoms with Crippen molar-refractivity contribution >= 4 is 0 Å². The Morgan fingerprint density at radius 3 is 2.92 bits per heavy atom. The molecule has 1 aromatic carbocycles. The van der Waals surface area contributed by atoms with Crippen LogP contribution in [0.1, 0.15) is 24.0 Å². The van der Waals surface area contributed by atoms with Gasteiger partial charge in [0.2, 0.25) is 11.8 Å². The molecule has 0 aliphatic carbocycles. The lowest BCUT2D eigenvalue weighted by Gasteiger charge is -2.25. The van der Waals surface area contributed by atoms with Crippen LogP contribution in [0.3, 0.4) is 0 Å². The van der Waals surface area contributed by atoms with Crippen LogP contribution in [0.15, 0.2) is 40.8 Å². The van der Waals surface area contributed by atoms with E-state index in [4.69, 9.17) is 19.9 Å². The third kappa shape index (κ3) is 2.76. The molecule has 0 bridgehead atoms. The quantitative estimate of drug-likeness (QED) is 0.862. The van der Waals surface area contributed by atoms with Crippen LogP contribution in [-0.4, -0.2) is 23.7 Å². The van der Waals surface area contributed by atoms with Crippen LogP contribution in [0, 0.1) is 11.3 Å². The number of hydrogen-bond donors (Lipinski definition) is 2. The number of aromatic amines is 1. The normalized spacial score (nSPS) is 15.8. The first kappa shape index (κ1) is 16.4. The molecule has 1 atom stereocenters. The van der Waals surface area contributed by atoms with Crippen molar-refractivity contribution in [3.8, 4) is 23.4 Å². The lowest BCUT2D eigenvalue weighted by Crippen LogP contribution is -2.28. The first-order chi connectivity index (χ1) is 12.1. The molecule has 0 saturated carbocycles. The Balaban J connectivity index is 2.23. The maximum Gasteiger partial charge on any atom is 0.258 e. The largest absolute Gasteiger partial charge is 0.493 e. The van der Waals surface area contributed by atoms with Gasteiger partial charge in [0.1, 0.15) is 11.6 Å². The van der Waals surface area contributed by atoms with Gasteiger partial charge in [0.25, 0.3) is 5.56 Å². The molecular formula is C17H16N4O4. The number of nitrogens with one attached hydrogen (secondary N) is 1. The summed E-state index contributed by atoms with van der Waals surface area (Å²) in [5.41, 5.74) is 6.47. The Morgan fingerprint density at radius 2 is 2.24 bits per heavy atom. The molecule has 1 unspecified atom stereocenters. The summed E-state index contributed by atoms with van der Waals surface area (Å²) in [6.45, 7) is 2.29. The molecule has 2 heterocycles. The molecule has 1 aliphatic heterocycles. The number of benzene rings is 1. The number of methoxy groups -OCH3 is 1. The number of aromatic nitrogens is 2. The number of allylic oxidation sites excluding steroid dienone is 1. The third-order valence-electron chi connectivity index (χ3n) is 3.84. The highest BCUT2D eigenvalue weighted by molar-refractivity contribution is 5.55. The van der Waals surface area contributed by atoms with Gasteiger partial charge in [-0.3, -0.25) is 4.79 Å². The second-order valence-electron chi connectivity index (χ2n) is 5.22. The Bertz CT molecular complexity index is 942. The summed E-state index contributed by atoms with van der Waals surface area (Å²) in [5.74, 6) is 0.349. The fraction of sp³-hybridized carbons (Fsp3) is 0.235. The minimum Gasteiger partial charge on any atom is -0.493 e. The summed E-state index contributed by atoms with van der Waals surface area (Å²) in [7, 11) is 1.54. The predicted molar refractivity (Wildman–Crippen MR) is 88.3 cm³/mol. The molecule has 0 amide bonds. The number of rotatable bonds is 4. The zero-order valence-electron chi connectivity index (χ0n) is 13.7. The number of nitrogens with two attached hydrogens (primary N) is 1. The van der Waals surface area contributed by atoms with E-state index >= 15 is 0 Å². The fourth-order valence-electron chi connectivity index (χ4n) is 2.77. The molecule has 3 N–H and O–H groups in total. The second kappa shape index (κ2) is 6.57. The van der Waals surface area contributed by atoms with E-state index < -0.39 is 11.5 Å². The van der Waals surface area contributed by atoms with E-state index in [2.05, 4.69) is 9.97 Å². The van der Waals surface area contributed by atoms with Gasteiger partial charge in [0.15, 0.2) is 11.5 Å². The summed E-state index contributed by atoms with van der Waals surface area (Å²) in [4.78, 5) is 18.9. The molecule has 0 fully saturated rings. The number of hydrogen-bond acceptors (Lipinski definition) is 7. The molecule has 2 aromatic rings. The zero-order valence-corrected chi connectivity index (χ0v) is 13.7. The SMILES string of the molecule is CCOc1cc(C2C(C#N)=C(N)Oc3nc[nH]c(=O)c32)ccc1OC. The molecule has 3 rings (SSSR count). The lowest BCUT2D eigenvalue weighted by atomic mass is 9.85. The van der Waals surface area contributed by atoms with Gasteiger partial charge in [-0.2, -0.15) is 5.26 Å². The predicted octanol–water partition coefficient (Wildman–Crippen LogP) is 1.40. The highest BCUT2D eigenvalue weighted by atomic mass is 16.5. The Hall–Kier alpha value is -3.47. The summed E-state index contributed by atoms with van der Waals surface area (Å²) in [5, 5.41) is 9.53. The number of fused-ring (bicyclic) bond motifs is 1. The number of ether oxygens (including phenoxy) is 3. The fourth-order valence-corrected chi connectivity index (χ4v) is 2.77. The van der Waals surface area contributed by atoms with Crippen molar-refractivity contribution in [1.29, 1.82) is 5.26 Å². The maximum atomic E-state index is 12.3. The molecule has 8 heteroatoms. The first-order valence-electron chi connectivity index (χ1n) is 7.56. The van der Waals surface area contributed by atoms with Crippen LogP contribution in [-0.2, 0) is 0 Å². The van der Waals surface area contributed by atoms with Crippen molar-refractivity contribution in [3.63, 3.8) is 0 Å².